The Morgan fingerprint density at radius 2 is 1.30 bits per heavy atom. The molecule has 0 saturated heterocycles. The van der Waals surface area contributed by atoms with Crippen molar-refractivity contribution < 1.29 is 9.30 Å². The molecule has 0 amide bonds. The van der Waals surface area contributed by atoms with Gasteiger partial charge in [-0.05, 0) is 29.8 Å². The summed E-state index contributed by atoms with van der Waals surface area (Å²) < 4.78 is 21.8. The summed E-state index contributed by atoms with van der Waals surface area (Å²) in [6.45, 7) is 1.76. The van der Waals surface area contributed by atoms with E-state index in [1.165, 1.54) is 0 Å². The van der Waals surface area contributed by atoms with Crippen molar-refractivity contribution in [2.75, 3.05) is 0 Å². The Kier molecular flexibility index (Phi) is 4.66. The van der Waals surface area contributed by atoms with Crippen LogP contribution in [0, 0.1) is 0 Å². The van der Waals surface area contributed by atoms with Gasteiger partial charge >= 0.3 is 0 Å². The molecule has 4 nitrogen and oxygen atoms in total. The van der Waals surface area contributed by atoms with Gasteiger partial charge < -0.3 is 4.74 Å². The molecule has 0 saturated carbocycles. The Morgan fingerprint density at radius 3 is 1.81 bits per heavy atom. The van der Waals surface area contributed by atoms with Crippen molar-refractivity contribution in [1.82, 2.24) is 4.78 Å². The van der Waals surface area contributed by atoms with E-state index in [4.69, 9.17) is 4.74 Å². The van der Waals surface area contributed by atoms with Gasteiger partial charge in [-0.25, -0.2) is 0 Å². The van der Waals surface area contributed by atoms with E-state index in [1.54, 1.807) is 11.7 Å². The zero-order chi connectivity index (χ0) is 18.7. The molecule has 27 heavy (non-hydrogen) atoms. The minimum absolute atomic E-state index is 0.453. The highest BCUT2D eigenvalue weighted by molar-refractivity contribution is 7.76. The average Bonchev–Trinajstić information content (AvgIpc) is 3.10. The highest BCUT2D eigenvalue weighted by Gasteiger charge is 2.40. The normalized spacial score (nSPS) is 15.5. The van der Waals surface area contributed by atoms with Crippen molar-refractivity contribution in [3.05, 3.63) is 102 Å². The maximum absolute atomic E-state index is 14.5. The summed E-state index contributed by atoms with van der Waals surface area (Å²) in [6.07, 6.45) is 1.86. The summed E-state index contributed by atoms with van der Waals surface area (Å²) in [7, 11) is -3.25. The van der Waals surface area contributed by atoms with E-state index in [0.29, 0.717) is 22.4 Å². The third-order valence-corrected chi connectivity index (χ3v) is 7.07. The molecule has 0 unspecified atom stereocenters. The van der Waals surface area contributed by atoms with Crippen molar-refractivity contribution in [1.29, 1.82) is 0 Å². The van der Waals surface area contributed by atoms with Gasteiger partial charge in [0.2, 0.25) is 11.8 Å². The van der Waals surface area contributed by atoms with E-state index >= 15 is 0 Å². The molecular formula is C22H19N2O2P. The third-order valence-electron chi connectivity index (χ3n) is 4.25. The molecule has 0 radical (unpaired) electrons. The molecule has 0 aliphatic carbocycles. The summed E-state index contributed by atoms with van der Waals surface area (Å²) in [4.78, 5) is 0. The lowest BCUT2D eigenvalue weighted by atomic mass is 10.2. The second kappa shape index (κ2) is 7.26. The number of hydrogen-bond donors (Lipinski definition) is 0. The molecule has 0 spiro atoms. The van der Waals surface area contributed by atoms with Crippen LogP contribution in [0.2, 0.25) is 0 Å². The maximum atomic E-state index is 14.5. The van der Waals surface area contributed by atoms with E-state index in [-0.39, 0.29) is 0 Å². The number of ether oxygens (including phenoxy) is 1. The number of rotatable bonds is 4. The van der Waals surface area contributed by atoms with Gasteiger partial charge in [-0.2, -0.15) is 4.78 Å². The van der Waals surface area contributed by atoms with Gasteiger partial charge in [0, 0.05) is 23.6 Å². The molecule has 0 aromatic heterocycles. The molecule has 134 valence electrons. The number of nitrogens with zero attached hydrogens (tertiary/aromatic N) is 2. The Hall–Kier alpha value is -3.10. The van der Waals surface area contributed by atoms with Crippen LogP contribution < -0.4 is 10.6 Å². The second-order valence-corrected chi connectivity index (χ2v) is 8.71. The molecule has 1 aliphatic rings. The molecule has 5 heteroatoms. The van der Waals surface area contributed by atoms with Crippen LogP contribution >= 0.6 is 7.29 Å². The molecule has 0 fully saturated rings. The highest BCUT2D eigenvalue weighted by Crippen LogP contribution is 2.52. The zero-order valence-electron chi connectivity index (χ0n) is 14.9. The van der Waals surface area contributed by atoms with Crippen LogP contribution in [0.4, 0.5) is 0 Å². The lowest BCUT2D eigenvalue weighted by Crippen LogP contribution is -2.27. The quantitative estimate of drug-likeness (QED) is 0.628. The summed E-state index contributed by atoms with van der Waals surface area (Å²) >= 11 is 0. The minimum atomic E-state index is -3.25. The SMILES string of the molecule is CC1=NN(P(=O)(c2ccccc2)c2ccccc2)/C(=C/c2ccccc2)O1. The van der Waals surface area contributed by atoms with Crippen molar-refractivity contribution in [2.45, 2.75) is 6.92 Å². The van der Waals surface area contributed by atoms with Crippen LogP contribution in [0.1, 0.15) is 12.5 Å². The van der Waals surface area contributed by atoms with Crippen molar-refractivity contribution in [2.24, 2.45) is 5.10 Å². The summed E-state index contributed by atoms with van der Waals surface area (Å²) in [5.74, 6) is 0.916. The second-order valence-electron chi connectivity index (χ2n) is 6.15. The fourth-order valence-electron chi connectivity index (χ4n) is 3.00. The zero-order valence-corrected chi connectivity index (χ0v) is 15.8. The van der Waals surface area contributed by atoms with Gasteiger partial charge in [0.25, 0.3) is 7.29 Å². The maximum Gasteiger partial charge on any atom is 0.251 e. The Balaban J connectivity index is 1.89. The van der Waals surface area contributed by atoms with Crippen LogP contribution in [-0.4, -0.2) is 10.7 Å². The first-order valence-corrected chi connectivity index (χ1v) is 10.4. The van der Waals surface area contributed by atoms with Crippen LogP contribution in [0.3, 0.4) is 0 Å². The first-order chi connectivity index (χ1) is 13.2. The topological polar surface area (TPSA) is 41.9 Å². The summed E-state index contributed by atoms with van der Waals surface area (Å²) in [5.41, 5.74) is 0.954. The lowest BCUT2D eigenvalue weighted by Gasteiger charge is -2.26. The fraction of sp³-hybridized carbons (Fsp3) is 0.0455. The van der Waals surface area contributed by atoms with E-state index in [2.05, 4.69) is 5.10 Å². The van der Waals surface area contributed by atoms with E-state index in [9.17, 15) is 4.57 Å². The van der Waals surface area contributed by atoms with Crippen LogP contribution in [0.15, 0.2) is 102 Å². The third kappa shape index (κ3) is 3.32. The van der Waals surface area contributed by atoms with Crippen molar-refractivity contribution in [3.8, 4) is 0 Å². The lowest BCUT2D eigenvalue weighted by molar-refractivity contribution is 0.356. The van der Waals surface area contributed by atoms with Crippen LogP contribution in [-0.2, 0) is 9.30 Å². The van der Waals surface area contributed by atoms with Gasteiger partial charge in [-0.3, -0.25) is 4.57 Å². The molecule has 1 heterocycles. The Morgan fingerprint density at radius 1 is 0.815 bits per heavy atom. The molecule has 0 N–H and O–H groups in total. The first-order valence-electron chi connectivity index (χ1n) is 8.69. The van der Waals surface area contributed by atoms with Gasteiger partial charge in [0.15, 0.2) is 0 Å². The fourth-order valence-corrected chi connectivity index (χ4v) is 5.52. The standard InChI is InChI=1S/C22H19N2O2P/c1-18-23-24(22(26-18)17-19-11-5-2-6-12-19)27(25,20-13-7-3-8-14-20)21-15-9-4-10-16-21/h2-17H,1H3/b22-17-. The molecule has 0 atom stereocenters. The first kappa shape index (κ1) is 17.3. The monoisotopic (exact) mass is 374 g/mol. The van der Waals surface area contributed by atoms with Crippen molar-refractivity contribution in [3.63, 3.8) is 0 Å². The molecule has 3 aromatic rings. The Bertz CT molecular complexity index is 988. The van der Waals surface area contributed by atoms with Gasteiger partial charge in [0.05, 0.1) is 0 Å². The number of hydrazone groups is 1. The molecule has 0 bridgehead atoms. The molecular weight excluding hydrogens is 355 g/mol. The van der Waals surface area contributed by atoms with E-state index < -0.39 is 7.29 Å². The predicted molar refractivity (Wildman–Crippen MR) is 110 cm³/mol. The van der Waals surface area contributed by atoms with E-state index in [0.717, 1.165) is 5.56 Å². The molecule has 3 aromatic carbocycles. The number of benzene rings is 3. The smallest absolute Gasteiger partial charge is 0.251 e. The Labute approximate surface area is 158 Å². The summed E-state index contributed by atoms with van der Waals surface area (Å²) in [5, 5.41) is 5.90. The van der Waals surface area contributed by atoms with Crippen molar-refractivity contribution >= 4 is 29.9 Å². The van der Waals surface area contributed by atoms with Crippen LogP contribution in [0.25, 0.3) is 6.08 Å². The number of hydrogen-bond acceptors (Lipinski definition) is 3. The largest absolute Gasteiger partial charge is 0.423 e. The van der Waals surface area contributed by atoms with Crippen LogP contribution in [0.5, 0.6) is 0 Å². The van der Waals surface area contributed by atoms with Gasteiger partial charge in [-0.1, -0.05) is 66.7 Å². The molecule has 4 rings (SSSR count). The average molecular weight is 374 g/mol. The van der Waals surface area contributed by atoms with Gasteiger partial charge in [-0.15, -0.1) is 5.10 Å². The highest BCUT2D eigenvalue weighted by atomic mass is 31.2. The minimum Gasteiger partial charge on any atom is -0.423 e. The molecule has 1 aliphatic heterocycles. The van der Waals surface area contributed by atoms with Gasteiger partial charge in [0.1, 0.15) is 0 Å². The predicted octanol–water partition coefficient (Wildman–Crippen LogP) is 4.58. The summed E-state index contributed by atoms with van der Waals surface area (Å²) in [6, 6.07) is 28.7. The van der Waals surface area contributed by atoms with E-state index in [1.807, 2.05) is 97.1 Å².